The van der Waals surface area contributed by atoms with Gasteiger partial charge < -0.3 is 9.47 Å². The van der Waals surface area contributed by atoms with Crippen molar-refractivity contribution in [2.45, 2.75) is 79.6 Å². The van der Waals surface area contributed by atoms with Gasteiger partial charge in [-0.2, -0.15) is 0 Å². The molecule has 2 nitrogen and oxygen atoms in total. The molecule has 1 aliphatic rings. The normalized spacial score (nSPS) is 25.6. The minimum Gasteiger partial charge on any atom is -0.384 e. The summed E-state index contributed by atoms with van der Waals surface area (Å²) in [5.74, 6) is 3.98. The average molecular weight is 341 g/mol. The third-order valence-corrected chi connectivity index (χ3v) is 6.88. The Balaban J connectivity index is 3.06. The fraction of sp³-hybridized carbons (Fsp3) is 1.00. The molecule has 0 saturated heterocycles. The minimum atomic E-state index is 0.190. The molecule has 0 aromatic heterocycles. The predicted molar refractivity (Wildman–Crippen MR) is 104 cm³/mol. The third kappa shape index (κ3) is 5.73. The highest BCUT2D eigenvalue weighted by molar-refractivity contribution is 4.94. The topological polar surface area (TPSA) is 18.5 Å². The van der Waals surface area contributed by atoms with Crippen molar-refractivity contribution < 1.29 is 9.47 Å². The number of methoxy groups -OCH3 is 2. The van der Waals surface area contributed by atoms with Crippen molar-refractivity contribution in [2.24, 2.45) is 35.0 Å². The molecule has 0 radical (unpaired) electrons. The lowest BCUT2D eigenvalue weighted by Crippen LogP contribution is -2.46. The van der Waals surface area contributed by atoms with Crippen molar-refractivity contribution in [1.29, 1.82) is 0 Å². The van der Waals surface area contributed by atoms with E-state index in [1.807, 2.05) is 14.2 Å². The summed E-state index contributed by atoms with van der Waals surface area (Å²) in [6, 6.07) is 0. The summed E-state index contributed by atoms with van der Waals surface area (Å²) in [5.41, 5.74) is 0.190. The minimum absolute atomic E-state index is 0.190. The van der Waals surface area contributed by atoms with Gasteiger partial charge >= 0.3 is 0 Å². The summed E-state index contributed by atoms with van der Waals surface area (Å²) in [7, 11) is 3.75. The molecule has 3 unspecified atom stereocenters. The molecule has 0 aromatic carbocycles. The predicted octanol–water partition coefficient (Wildman–Crippen LogP) is 6.19. The lowest BCUT2D eigenvalue weighted by Gasteiger charge is -2.49. The summed E-state index contributed by atoms with van der Waals surface area (Å²) in [4.78, 5) is 0. The summed E-state index contributed by atoms with van der Waals surface area (Å²) in [6.07, 6.45) is 9.27. The van der Waals surface area contributed by atoms with E-state index in [-0.39, 0.29) is 5.41 Å². The van der Waals surface area contributed by atoms with Crippen molar-refractivity contribution in [3.05, 3.63) is 0 Å². The second-order valence-electron chi connectivity index (χ2n) is 8.88. The van der Waals surface area contributed by atoms with Gasteiger partial charge in [0, 0.05) is 19.6 Å². The molecule has 0 aliphatic heterocycles. The first-order valence-corrected chi connectivity index (χ1v) is 10.4. The van der Waals surface area contributed by atoms with E-state index >= 15 is 0 Å². The molecule has 1 aliphatic carbocycles. The zero-order valence-corrected chi connectivity index (χ0v) is 17.6. The molecular weight excluding hydrogens is 296 g/mol. The van der Waals surface area contributed by atoms with E-state index in [9.17, 15) is 0 Å². The highest BCUT2D eigenvalue weighted by Crippen LogP contribution is 2.50. The van der Waals surface area contributed by atoms with E-state index in [1.54, 1.807) is 0 Å². The first kappa shape index (κ1) is 22.0. The molecule has 1 fully saturated rings. The smallest absolute Gasteiger partial charge is 0.0543 e. The van der Waals surface area contributed by atoms with Crippen LogP contribution in [0.1, 0.15) is 79.6 Å². The zero-order chi connectivity index (χ0) is 18.2. The van der Waals surface area contributed by atoms with Gasteiger partial charge in [0.25, 0.3) is 0 Å². The number of hydrogen-bond donors (Lipinski definition) is 0. The standard InChI is InChI=1S/C22H44O2/c1-8-19(9-2)12-13-22(15-23-6,16-24-7)21-14-18(5)10-11-20(21)17(3)4/h17-21H,8-16H2,1-7H3. The lowest BCUT2D eigenvalue weighted by molar-refractivity contribution is -0.0826. The molecule has 0 amide bonds. The van der Waals surface area contributed by atoms with E-state index in [2.05, 4.69) is 34.6 Å². The highest BCUT2D eigenvalue weighted by Gasteiger charge is 2.46. The molecule has 144 valence electrons. The van der Waals surface area contributed by atoms with Crippen LogP contribution in [0, 0.1) is 35.0 Å². The van der Waals surface area contributed by atoms with Gasteiger partial charge in [-0.05, 0) is 55.3 Å². The fourth-order valence-corrected chi connectivity index (χ4v) is 5.26. The van der Waals surface area contributed by atoms with Crippen molar-refractivity contribution >= 4 is 0 Å². The number of hydrogen-bond acceptors (Lipinski definition) is 2. The van der Waals surface area contributed by atoms with Gasteiger partial charge in [-0.25, -0.2) is 0 Å². The Labute approximate surface area is 152 Å². The van der Waals surface area contributed by atoms with Crippen molar-refractivity contribution in [2.75, 3.05) is 27.4 Å². The maximum Gasteiger partial charge on any atom is 0.0543 e. The monoisotopic (exact) mass is 340 g/mol. The Kier molecular flexibility index (Phi) is 9.89. The first-order valence-electron chi connectivity index (χ1n) is 10.4. The molecule has 0 heterocycles. The van der Waals surface area contributed by atoms with Gasteiger partial charge in [0.15, 0.2) is 0 Å². The van der Waals surface area contributed by atoms with Crippen LogP contribution in [0.4, 0.5) is 0 Å². The van der Waals surface area contributed by atoms with E-state index < -0.39 is 0 Å². The molecule has 0 N–H and O–H groups in total. The molecule has 0 spiro atoms. The summed E-state index contributed by atoms with van der Waals surface area (Å²) in [5, 5.41) is 0. The Morgan fingerprint density at radius 1 is 1.00 bits per heavy atom. The van der Waals surface area contributed by atoms with Gasteiger partial charge in [-0.15, -0.1) is 0 Å². The Morgan fingerprint density at radius 3 is 2.04 bits per heavy atom. The molecule has 2 heteroatoms. The van der Waals surface area contributed by atoms with E-state index in [4.69, 9.17) is 9.47 Å². The van der Waals surface area contributed by atoms with Crippen LogP contribution in [0.3, 0.4) is 0 Å². The quantitative estimate of drug-likeness (QED) is 0.446. The van der Waals surface area contributed by atoms with Crippen LogP contribution in [-0.2, 0) is 9.47 Å². The largest absolute Gasteiger partial charge is 0.384 e. The van der Waals surface area contributed by atoms with Crippen LogP contribution >= 0.6 is 0 Å². The maximum absolute atomic E-state index is 5.80. The first-order chi connectivity index (χ1) is 11.4. The molecule has 1 rings (SSSR count). The fourth-order valence-electron chi connectivity index (χ4n) is 5.26. The van der Waals surface area contributed by atoms with Crippen LogP contribution in [0.15, 0.2) is 0 Å². The lowest BCUT2D eigenvalue weighted by atomic mass is 9.58. The van der Waals surface area contributed by atoms with Crippen LogP contribution in [0.5, 0.6) is 0 Å². The molecule has 0 aromatic rings. The zero-order valence-electron chi connectivity index (χ0n) is 17.6. The van der Waals surface area contributed by atoms with E-state index in [1.165, 1.54) is 44.9 Å². The Bertz CT molecular complexity index is 316. The third-order valence-electron chi connectivity index (χ3n) is 6.88. The van der Waals surface area contributed by atoms with Gasteiger partial charge in [0.1, 0.15) is 0 Å². The second kappa shape index (κ2) is 10.8. The Hall–Kier alpha value is -0.0800. The van der Waals surface area contributed by atoms with Gasteiger partial charge in [-0.1, -0.05) is 53.9 Å². The molecule has 1 saturated carbocycles. The van der Waals surface area contributed by atoms with Gasteiger partial charge in [-0.3, -0.25) is 0 Å². The molecule has 24 heavy (non-hydrogen) atoms. The number of rotatable bonds is 11. The van der Waals surface area contributed by atoms with E-state index in [0.29, 0.717) is 0 Å². The van der Waals surface area contributed by atoms with Crippen LogP contribution in [0.2, 0.25) is 0 Å². The molecule has 3 atom stereocenters. The maximum atomic E-state index is 5.80. The van der Waals surface area contributed by atoms with Crippen molar-refractivity contribution in [1.82, 2.24) is 0 Å². The second-order valence-corrected chi connectivity index (χ2v) is 8.88. The molecular formula is C22H44O2. The highest BCUT2D eigenvalue weighted by atomic mass is 16.5. The van der Waals surface area contributed by atoms with E-state index in [0.717, 1.165) is 42.8 Å². The summed E-state index contributed by atoms with van der Waals surface area (Å²) < 4.78 is 11.6. The van der Waals surface area contributed by atoms with Gasteiger partial charge in [0.05, 0.1) is 13.2 Å². The summed E-state index contributed by atoms with van der Waals surface area (Å²) >= 11 is 0. The Morgan fingerprint density at radius 2 is 1.58 bits per heavy atom. The van der Waals surface area contributed by atoms with Crippen molar-refractivity contribution in [3.8, 4) is 0 Å². The van der Waals surface area contributed by atoms with Crippen LogP contribution < -0.4 is 0 Å². The number of ether oxygens (including phenoxy) is 2. The summed E-state index contributed by atoms with van der Waals surface area (Å²) in [6.45, 7) is 13.6. The van der Waals surface area contributed by atoms with Crippen LogP contribution in [-0.4, -0.2) is 27.4 Å². The average Bonchev–Trinajstić information content (AvgIpc) is 2.55. The molecule has 0 bridgehead atoms. The SMILES string of the molecule is CCC(CC)CCC(COC)(COC)C1CC(C)CCC1C(C)C. The van der Waals surface area contributed by atoms with Crippen LogP contribution in [0.25, 0.3) is 0 Å². The van der Waals surface area contributed by atoms with Crippen molar-refractivity contribution in [3.63, 3.8) is 0 Å². The van der Waals surface area contributed by atoms with Gasteiger partial charge in [0.2, 0.25) is 0 Å².